The monoisotopic (exact) mass is 340 g/mol. The number of hydrogen-bond acceptors (Lipinski definition) is 4. The Labute approximate surface area is 148 Å². The maximum atomic E-state index is 11.6. The second-order valence-electron chi connectivity index (χ2n) is 6.94. The zero-order valence-electron chi connectivity index (χ0n) is 14.3. The number of para-hydroxylation sites is 1. The first-order valence-corrected chi connectivity index (χ1v) is 9.10. The van der Waals surface area contributed by atoms with Gasteiger partial charge in [0.2, 0.25) is 5.91 Å². The van der Waals surface area contributed by atoms with E-state index in [4.69, 9.17) is 9.15 Å². The van der Waals surface area contributed by atoms with Gasteiger partial charge in [0.05, 0.1) is 6.54 Å². The third kappa shape index (κ3) is 3.87. The van der Waals surface area contributed by atoms with Crippen molar-refractivity contribution in [3.8, 4) is 11.7 Å². The summed E-state index contributed by atoms with van der Waals surface area (Å²) in [7, 11) is 0. The lowest BCUT2D eigenvalue weighted by Gasteiger charge is -2.38. The number of furan rings is 1. The van der Waals surface area contributed by atoms with Gasteiger partial charge in [0.1, 0.15) is 11.5 Å². The summed E-state index contributed by atoms with van der Waals surface area (Å²) in [6.07, 6.45) is 4.26. The van der Waals surface area contributed by atoms with Crippen LogP contribution in [0.3, 0.4) is 0 Å². The summed E-state index contributed by atoms with van der Waals surface area (Å²) in [5.41, 5.74) is 0. The zero-order chi connectivity index (χ0) is 17.1. The maximum absolute atomic E-state index is 11.6. The van der Waals surface area contributed by atoms with Crippen LogP contribution in [0.15, 0.2) is 46.9 Å². The Morgan fingerprint density at radius 3 is 2.84 bits per heavy atom. The molecule has 0 saturated carbocycles. The van der Waals surface area contributed by atoms with Crippen LogP contribution in [0.2, 0.25) is 0 Å². The average molecular weight is 340 g/mol. The lowest BCUT2D eigenvalue weighted by atomic mass is 9.89. The zero-order valence-corrected chi connectivity index (χ0v) is 14.3. The predicted molar refractivity (Wildman–Crippen MR) is 94.4 cm³/mol. The molecule has 2 saturated heterocycles. The molecule has 2 fully saturated rings. The minimum atomic E-state index is 0.187. The van der Waals surface area contributed by atoms with Crippen LogP contribution < -0.4 is 10.1 Å². The number of nitrogens with one attached hydrogen (secondary N) is 1. The van der Waals surface area contributed by atoms with Gasteiger partial charge in [0.25, 0.3) is 5.95 Å². The summed E-state index contributed by atoms with van der Waals surface area (Å²) in [6, 6.07) is 14.0. The number of hydrogen-bond donors (Lipinski definition) is 1. The lowest BCUT2D eigenvalue weighted by molar-refractivity contribution is -0.119. The highest BCUT2D eigenvalue weighted by Gasteiger charge is 2.34. The van der Waals surface area contributed by atoms with Crippen molar-refractivity contribution in [3.05, 3.63) is 48.2 Å². The van der Waals surface area contributed by atoms with Crippen molar-refractivity contribution in [1.82, 2.24) is 10.2 Å². The SMILES string of the molecule is O=C1C[C@H]([C@H]2CCCCN2Cc2ccc(Oc3ccccc3)o2)CN1. The third-order valence-corrected chi connectivity index (χ3v) is 5.17. The van der Waals surface area contributed by atoms with Crippen LogP contribution in [-0.4, -0.2) is 29.9 Å². The van der Waals surface area contributed by atoms with Crippen LogP contribution in [0.25, 0.3) is 0 Å². The van der Waals surface area contributed by atoms with Crippen molar-refractivity contribution in [3.63, 3.8) is 0 Å². The first-order valence-electron chi connectivity index (χ1n) is 9.10. The topological polar surface area (TPSA) is 54.7 Å². The molecule has 0 unspecified atom stereocenters. The summed E-state index contributed by atoms with van der Waals surface area (Å²) >= 11 is 0. The molecule has 1 aromatic carbocycles. The van der Waals surface area contributed by atoms with Crippen LogP contribution in [-0.2, 0) is 11.3 Å². The van der Waals surface area contributed by atoms with Crippen molar-refractivity contribution in [1.29, 1.82) is 0 Å². The number of piperidine rings is 1. The highest BCUT2D eigenvalue weighted by molar-refractivity contribution is 5.78. The Morgan fingerprint density at radius 1 is 1.16 bits per heavy atom. The molecule has 4 rings (SSSR count). The summed E-state index contributed by atoms with van der Waals surface area (Å²) in [5.74, 6) is 2.81. The quantitative estimate of drug-likeness (QED) is 0.904. The minimum absolute atomic E-state index is 0.187. The lowest BCUT2D eigenvalue weighted by Crippen LogP contribution is -2.44. The molecule has 132 valence electrons. The van der Waals surface area contributed by atoms with E-state index in [0.29, 0.717) is 24.3 Å². The van der Waals surface area contributed by atoms with Gasteiger partial charge >= 0.3 is 0 Å². The molecule has 1 N–H and O–H groups in total. The molecule has 2 aliphatic heterocycles. The normalized spacial score (nSPS) is 24.2. The first-order chi connectivity index (χ1) is 12.3. The van der Waals surface area contributed by atoms with Crippen molar-refractivity contribution in [2.24, 2.45) is 5.92 Å². The summed E-state index contributed by atoms with van der Waals surface area (Å²) in [4.78, 5) is 14.0. The van der Waals surface area contributed by atoms with Gasteiger partial charge in [-0.2, -0.15) is 0 Å². The molecule has 1 aromatic heterocycles. The third-order valence-electron chi connectivity index (χ3n) is 5.17. The standard InChI is InChI=1S/C20H24N2O3/c23-19-12-15(13-21-19)18-8-4-5-11-22(18)14-17-9-10-20(25-17)24-16-6-2-1-3-7-16/h1-3,6-7,9-10,15,18H,4-5,8,11-14H2,(H,21,23)/t15-,18+/m0/s1. The van der Waals surface area contributed by atoms with Gasteiger partial charge in [-0.3, -0.25) is 9.69 Å². The molecule has 0 bridgehead atoms. The van der Waals surface area contributed by atoms with Gasteiger partial charge in [-0.05, 0) is 37.6 Å². The average Bonchev–Trinajstić information content (AvgIpc) is 3.25. The molecule has 0 aliphatic carbocycles. The predicted octanol–water partition coefficient (Wildman–Crippen LogP) is 3.56. The number of amides is 1. The van der Waals surface area contributed by atoms with Crippen molar-refractivity contribution in [2.75, 3.05) is 13.1 Å². The Morgan fingerprint density at radius 2 is 2.04 bits per heavy atom. The van der Waals surface area contributed by atoms with E-state index in [1.165, 1.54) is 12.8 Å². The van der Waals surface area contributed by atoms with Gasteiger partial charge < -0.3 is 14.5 Å². The van der Waals surface area contributed by atoms with Gasteiger partial charge in [-0.1, -0.05) is 24.6 Å². The van der Waals surface area contributed by atoms with Crippen LogP contribution in [0.5, 0.6) is 11.7 Å². The molecule has 2 aromatic rings. The van der Waals surface area contributed by atoms with E-state index < -0.39 is 0 Å². The van der Waals surface area contributed by atoms with E-state index in [-0.39, 0.29) is 5.91 Å². The number of benzene rings is 1. The second kappa shape index (κ2) is 7.31. The van der Waals surface area contributed by atoms with E-state index in [1.54, 1.807) is 0 Å². The summed E-state index contributed by atoms with van der Waals surface area (Å²) in [6.45, 7) is 2.64. The summed E-state index contributed by atoms with van der Waals surface area (Å²) in [5, 5.41) is 2.97. The Bertz CT molecular complexity index is 713. The Balaban J connectivity index is 1.41. The molecule has 5 heteroatoms. The second-order valence-corrected chi connectivity index (χ2v) is 6.94. The molecule has 25 heavy (non-hydrogen) atoms. The molecule has 3 heterocycles. The number of nitrogens with zero attached hydrogens (tertiary/aromatic N) is 1. The van der Waals surface area contributed by atoms with E-state index in [9.17, 15) is 4.79 Å². The highest BCUT2D eigenvalue weighted by Crippen LogP contribution is 2.30. The van der Waals surface area contributed by atoms with Gasteiger partial charge in [-0.25, -0.2) is 0 Å². The van der Waals surface area contributed by atoms with E-state index >= 15 is 0 Å². The van der Waals surface area contributed by atoms with E-state index in [1.807, 2.05) is 42.5 Å². The largest absolute Gasteiger partial charge is 0.429 e. The number of likely N-dealkylation sites (tertiary alicyclic amines) is 1. The van der Waals surface area contributed by atoms with E-state index in [0.717, 1.165) is 37.6 Å². The Hall–Kier alpha value is -2.27. The fraction of sp³-hybridized carbons (Fsp3) is 0.450. The van der Waals surface area contributed by atoms with Crippen LogP contribution in [0.4, 0.5) is 0 Å². The fourth-order valence-electron chi connectivity index (χ4n) is 3.95. The van der Waals surface area contributed by atoms with Crippen molar-refractivity contribution in [2.45, 2.75) is 38.3 Å². The van der Waals surface area contributed by atoms with Crippen LogP contribution in [0.1, 0.15) is 31.4 Å². The van der Waals surface area contributed by atoms with E-state index in [2.05, 4.69) is 10.2 Å². The fourth-order valence-corrected chi connectivity index (χ4v) is 3.95. The molecule has 5 nitrogen and oxygen atoms in total. The smallest absolute Gasteiger partial charge is 0.290 e. The molecular formula is C20H24N2O3. The van der Waals surface area contributed by atoms with Gasteiger partial charge in [0, 0.05) is 31.0 Å². The van der Waals surface area contributed by atoms with Crippen molar-refractivity contribution < 1.29 is 13.9 Å². The Kier molecular flexibility index (Phi) is 4.74. The number of rotatable bonds is 5. The number of ether oxygens (including phenoxy) is 1. The molecule has 2 atom stereocenters. The van der Waals surface area contributed by atoms with Crippen molar-refractivity contribution >= 4 is 5.91 Å². The molecule has 0 spiro atoms. The van der Waals surface area contributed by atoms with Crippen LogP contribution in [0, 0.1) is 5.92 Å². The molecular weight excluding hydrogens is 316 g/mol. The highest BCUT2D eigenvalue weighted by atomic mass is 16.6. The van der Waals surface area contributed by atoms with Gasteiger partial charge in [-0.15, -0.1) is 0 Å². The minimum Gasteiger partial charge on any atom is -0.429 e. The first kappa shape index (κ1) is 16.2. The van der Waals surface area contributed by atoms with Crippen LogP contribution >= 0.6 is 0 Å². The molecule has 1 amide bonds. The summed E-state index contributed by atoms with van der Waals surface area (Å²) < 4.78 is 11.6. The number of carbonyl (C=O) groups excluding carboxylic acids is 1. The molecule has 2 aliphatic rings. The molecule has 0 radical (unpaired) electrons. The van der Waals surface area contributed by atoms with Gasteiger partial charge in [0.15, 0.2) is 0 Å². The number of carbonyl (C=O) groups is 1. The maximum Gasteiger partial charge on any atom is 0.290 e.